The van der Waals surface area contributed by atoms with Gasteiger partial charge in [-0.3, -0.25) is 4.57 Å². The van der Waals surface area contributed by atoms with E-state index in [1.807, 2.05) is 29.7 Å². The summed E-state index contributed by atoms with van der Waals surface area (Å²) in [6.07, 6.45) is 0. The van der Waals surface area contributed by atoms with Crippen LogP contribution in [0.3, 0.4) is 0 Å². The molecular formula is C15H10BrCl2FN2. The quantitative estimate of drug-likeness (QED) is 0.521. The molecule has 3 aromatic rings. The first-order valence-corrected chi connectivity index (χ1v) is 7.91. The van der Waals surface area contributed by atoms with Crippen molar-refractivity contribution < 1.29 is 4.39 Å². The topological polar surface area (TPSA) is 17.8 Å². The Balaban J connectivity index is 2.42. The number of hydrogen-bond donors (Lipinski definition) is 0. The SMILES string of the molecule is Cc1cccc2c1nc(CCl)n2-c1c(Cl)cc(F)cc1Br. The van der Waals surface area contributed by atoms with Gasteiger partial charge in [-0.2, -0.15) is 0 Å². The number of alkyl halides is 1. The predicted octanol–water partition coefficient (Wildman–Crippen LogP) is 5.63. The smallest absolute Gasteiger partial charge is 0.129 e. The second kappa shape index (κ2) is 5.59. The number of rotatable bonds is 2. The van der Waals surface area contributed by atoms with Crippen molar-refractivity contribution in [3.8, 4) is 5.69 Å². The lowest BCUT2D eigenvalue weighted by atomic mass is 10.2. The minimum absolute atomic E-state index is 0.230. The summed E-state index contributed by atoms with van der Waals surface area (Å²) < 4.78 is 15.9. The van der Waals surface area contributed by atoms with Crippen LogP contribution in [0.4, 0.5) is 4.39 Å². The molecular weight excluding hydrogens is 378 g/mol. The monoisotopic (exact) mass is 386 g/mol. The van der Waals surface area contributed by atoms with Gasteiger partial charge < -0.3 is 0 Å². The highest BCUT2D eigenvalue weighted by molar-refractivity contribution is 9.10. The van der Waals surface area contributed by atoms with Crippen LogP contribution in [-0.4, -0.2) is 9.55 Å². The number of imidazole rings is 1. The van der Waals surface area contributed by atoms with Crippen LogP contribution in [0, 0.1) is 12.7 Å². The third-order valence-electron chi connectivity index (χ3n) is 3.28. The minimum Gasteiger partial charge on any atom is -0.293 e. The van der Waals surface area contributed by atoms with Crippen LogP contribution in [-0.2, 0) is 5.88 Å². The van der Waals surface area contributed by atoms with E-state index in [1.54, 1.807) is 0 Å². The van der Waals surface area contributed by atoms with Gasteiger partial charge in [-0.1, -0.05) is 23.7 Å². The van der Waals surface area contributed by atoms with Gasteiger partial charge in [-0.05, 0) is 46.6 Å². The number of nitrogens with zero attached hydrogens (tertiary/aromatic N) is 2. The molecule has 0 saturated heterocycles. The van der Waals surface area contributed by atoms with E-state index >= 15 is 0 Å². The second-order valence-electron chi connectivity index (χ2n) is 4.66. The van der Waals surface area contributed by atoms with Crippen molar-refractivity contribution in [2.75, 3.05) is 0 Å². The summed E-state index contributed by atoms with van der Waals surface area (Å²) in [4.78, 5) is 4.57. The fourth-order valence-corrected chi connectivity index (χ4v) is 3.57. The van der Waals surface area contributed by atoms with Gasteiger partial charge in [-0.25, -0.2) is 9.37 Å². The van der Waals surface area contributed by atoms with E-state index in [4.69, 9.17) is 23.2 Å². The van der Waals surface area contributed by atoms with Crippen molar-refractivity contribution >= 4 is 50.2 Å². The Morgan fingerprint density at radius 2 is 2.10 bits per heavy atom. The third kappa shape index (κ3) is 2.45. The van der Waals surface area contributed by atoms with Crippen molar-refractivity contribution in [3.63, 3.8) is 0 Å². The molecule has 0 aliphatic rings. The molecule has 1 aromatic heterocycles. The molecule has 1 heterocycles. The third-order valence-corrected chi connectivity index (χ3v) is 4.41. The van der Waals surface area contributed by atoms with Gasteiger partial charge in [0, 0.05) is 4.47 Å². The lowest BCUT2D eigenvalue weighted by Gasteiger charge is -2.12. The average molecular weight is 388 g/mol. The highest BCUT2D eigenvalue weighted by atomic mass is 79.9. The molecule has 0 unspecified atom stereocenters. The Morgan fingerprint density at radius 3 is 2.76 bits per heavy atom. The van der Waals surface area contributed by atoms with Crippen molar-refractivity contribution in [3.05, 3.63) is 57.0 Å². The summed E-state index contributed by atoms with van der Waals surface area (Å²) in [5, 5.41) is 0.300. The predicted molar refractivity (Wildman–Crippen MR) is 88.0 cm³/mol. The summed E-state index contributed by atoms with van der Waals surface area (Å²) in [6.45, 7) is 1.99. The molecule has 0 amide bonds. The van der Waals surface area contributed by atoms with Crippen molar-refractivity contribution in [1.82, 2.24) is 9.55 Å². The highest BCUT2D eigenvalue weighted by Gasteiger charge is 2.18. The number of fused-ring (bicyclic) bond motifs is 1. The van der Waals surface area contributed by atoms with Crippen LogP contribution < -0.4 is 0 Å². The standard InChI is InChI=1S/C15H10BrCl2FN2/c1-8-3-2-4-12-14(8)20-13(7-17)21(12)15-10(16)5-9(19)6-11(15)18/h2-6H,7H2,1H3. The van der Waals surface area contributed by atoms with Crippen LogP contribution in [0.25, 0.3) is 16.7 Å². The van der Waals surface area contributed by atoms with E-state index in [-0.39, 0.29) is 5.88 Å². The molecule has 0 aliphatic heterocycles. The Kier molecular flexibility index (Phi) is 3.95. The van der Waals surface area contributed by atoms with E-state index in [2.05, 4.69) is 20.9 Å². The number of para-hydroxylation sites is 1. The molecule has 0 N–H and O–H groups in total. The zero-order valence-corrected chi connectivity index (χ0v) is 14.1. The maximum atomic E-state index is 13.4. The summed E-state index contributed by atoms with van der Waals surface area (Å²) in [5.74, 6) is 0.493. The largest absolute Gasteiger partial charge is 0.293 e. The molecule has 0 radical (unpaired) electrons. The summed E-state index contributed by atoms with van der Waals surface area (Å²) in [7, 11) is 0. The lowest BCUT2D eigenvalue weighted by molar-refractivity contribution is 0.626. The second-order valence-corrected chi connectivity index (χ2v) is 6.19. The first-order valence-electron chi connectivity index (χ1n) is 6.20. The van der Waals surface area contributed by atoms with Crippen LogP contribution in [0.15, 0.2) is 34.8 Å². The van der Waals surface area contributed by atoms with E-state index in [9.17, 15) is 4.39 Å². The Hall–Kier alpha value is -1.10. The molecule has 0 atom stereocenters. The van der Waals surface area contributed by atoms with E-state index < -0.39 is 5.82 Å². The number of aryl methyl sites for hydroxylation is 1. The Morgan fingerprint density at radius 1 is 1.33 bits per heavy atom. The molecule has 0 fully saturated rings. The van der Waals surface area contributed by atoms with E-state index in [0.717, 1.165) is 16.6 Å². The van der Waals surface area contributed by atoms with Crippen LogP contribution in [0.1, 0.15) is 11.4 Å². The summed E-state index contributed by atoms with van der Waals surface area (Å²) in [5.41, 5.74) is 3.44. The first-order chi connectivity index (χ1) is 10.0. The van der Waals surface area contributed by atoms with Crippen LogP contribution in [0.2, 0.25) is 5.02 Å². The number of hydrogen-bond acceptors (Lipinski definition) is 1. The van der Waals surface area contributed by atoms with E-state index in [1.165, 1.54) is 12.1 Å². The number of benzene rings is 2. The zero-order chi connectivity index (χ0) is 15.1. The van der Waals surface area contributed by atoms with Gasteiger partial charge in [0.1, 0.15) is 11.6 Å². The fraction of sp³-hybridized carbons (Fsp3) is 0.133. The van der Waals surface area contributed by atoms with Crippen molar-refractivity contribution in [2.24, 2.45) is 0 Å². The van der Waals surface area contributed by atoms with Gasteiger partial charge in [0.05, 0.1) is 27.6 Å². The molecule has 108 valence electrons. The van der Waals surface area contributed by atoms with Crippen molar-refractivity contribution in [1.29, 1.82) is 0 Å². The minimum atomic E-state index is -0.399. The maximum absolute atomic E-state index is 13.4. The molecule has 2 aromatic carbocycles. The van der Waals surface area contributed by atoms with Gasteiger partial charge in [0.2, 0.25) is 0 Å². The first kappa shape index (κ1) is 14.8. The molecule has 0 bridgehead atoms. The summed E-state index contributed by atoms with van der Waals surface area (Å²) >= 11 is 15.6. The van der Waals surface area contributed by atoms with Gasteiger partial charge >= 0.3 is 0 Å². The van der Waals surface area contributed by atoms with Crippen molar-refractivity contribution in [2.45, 2.75) is 12.8 Å². The Labute approximate surface area is 139 Å². The summed E-state index contributed by atoms with van der Waals surface area (Å²) in [6, 6.07) is 8.53. The highest BCUT2D eigenvalue weighted by Crippen LogP contribution is 2.34. The van der Waals surface area contributed by atoms with Crippen LogP contribution in [0.5, 0.6) is 0 Å². The lowest BCUT2D eigenvalue weighted by Crippen LogP contribution is -2.02. The normalized spacial score (nSPS) is 11.3. The zero-order valence-electron chi connectivity index (χ0n) is 11.0. The number of halogens is 4. The van der Waals surface area contributed by atoms with E-state index in [0.29, 0.717) is 21.0 Å². The molecule has 6 heteroatoms. The maximum Gasteiger partial charge on any atom is 0.129 e. The Bertz CT molecular complexity index is 822. The van der Waals surface area contributed by atoms with Gasteiger partial charge in [0.25, 0.3) is 0 Å². The number of aromatic nitrogens is 2. The fourth-order valence-electron chi connectivity index (χ4n) is 2.37. The average Bonchev–Trinajstić information content (AvgIpc) is 2.78. The molecule has 0 aliphatic carbocycles. The van der Waals surface area contributed by atoms with Gasteiger partial charge in [0.15, 0.2) is 0 Å². The van der Waals surface area contributed by atoms with Gasteiger partial charge in [-0.15, -0.1) is 11.6 Å². The molecule has 0 saturated carbocycles. The molecule has 21 heavy (non-hydrogen) atoms. The molecule has 3 rings (SSSR count). The van der Waals surface area contributed by atoms with Crippen LogP contribution >= 0.6 is 39.1 Å². The molecule has 0 spiro atoms. The molecule has 2 nitrogen and oxygen atoms in total.